The maximum atomic E-state index is 12.4. The van der Waals surface area contributed by atoms with Crippen LogP contribution in [0.25, 0.3) is 0 Å². The Bertz CT molecular complexity index is 1780. The third-order valence-corrected chi connectivity index (χ3v) is 12.5. The van der Waals surface area contributed by atoms with Crippen molar-refractivity contribution >= 4 is 81.9 Å². The molecule has 0 unspecified atom stereocenters. The Balaban J connectivity index is 0.000000248. The van der Waals surface area contributed by atoms with Gasteiger partial charge in [0.25, 0.3) is 0 Å². The zero-order chi connectivity index (χ0) is 40.3. The number of ether oxygens (including phenoxy) is 4. The largest absolute Gasteiger partial charge is 2.00 e. The summed E-state index contributed by atoms with van der Waals surface area (Å²) in [7, 11) is -9.93. The molecule has 0 heterocycles. The zero-order valence-corrected chi connectivity index (χ0v) is 36.0. The molecule has 0 aliphatic heterocycles. The fourth-order valence-corrected chi connectivity index (χ4v) is 9.03. The van der Waals surface area contributed by atoms with Gasteiger partial charge in [-0.1, -0.05) is 25.7 Å². The molecule has 4 fully saturated rings. The van der Waals surface area contributed by atoms with Gasteiger partial charge in [-0.05, 0) is 139 Å². The van der Waals surface area contributed by atoms with Crippen LogP contribution in [0.1, 0.15) is 170 Å². The number of hydrogen-bond acceptors (Lipinski definition) is 14. The maximum absolute atomic E-state index is 12.4. The summed E-state index contributed by atoms with van der Waals surface area (Å²) in [6, 6.07) is 6.77. The van der Waals surface area contributed by atoms with E-state index in [1.54, 1.807) is 0 Å². The number of hydrogen-bond donors (Lipinski definition) is 0. The van der Waals surface area contributed by atoms with E-state index in [1.807, 2.05) is 0 Å². The van der Waals surface area contributed by atoms with Gasteiger partial charge in [0, 0.05) is 0 Å². The van der Waals surface area contributed by atoms with Crippen molar-refractivity contribution in [2.24, 2.45) is 0 Å². The molecular weight excluding hydrogens is 809 g/mol. The van der Waals surface area contributed by atoms with Crippen molar-refractivity contribution in [3.05, 3.63) is 58.7 Å². The molecule has 0 bridgehead atoms. The molecule has 0 atom stereocenters. The van der Waals surface area contributed by atoms with Gasteiger partial charge in [0.15, 0.2) is 0 Å². The monoisotopic (exact) mass is 858 g/mol. The van der Waals surface area contributed by atoms with Gasteiger partial charge in [0.2, 0.25) is 0 Å². The van der Waals surface area contributed by atoms with Crippen LogP contribution in [0.3, 0.4) is 0 Å². The second-order valence-electron chi connectivity index (χ2n) is 15.0. The number of carbonyl (C=O) groups excluding carboxylic acids is 4. The zero-order valence-electron chi connectivity index (χ0n) is 32.2. The normalized spacial score (nSPS) is 18.8. The standard InChI is InChI=1S/2C20H26O7S.Ca/c2*21-19(26-15-7-3-1-4-8-15)14-11-12-17(18(13-14)28(23,24)25)20(22)27-16-9-5-2-6-10-16;/h2*11-13,15-16H,1-10H2,(H,23,24,25);/q;;+2/p-2. The Morgan fingerprint density at radius 1 is 0.421 bits per heavy atom. The molecule has 17 heteroatoms. The molecule has 308 valence electrons. The minimum absolute atomic E-state index is 0. The molecule has 57 heavy (non-hydrogen) atoms. The average Bonchev–Trinajstić information content (AvgIpc) is 3.18. The van der Waals surface area contributed by atoms with Crippen LogP contribution in [0, 0.1) is 0 Å². The van der Waals surface area contributed by atoms with E-state index in [9.17, 15) is 45.1 Å². The average molecular weight is 859 g/mol. The molecule has 0 aromatic heterocycles. The van der Waals surface area contributed by atoms with Crippen molar-refractivity contribution in [3.63, 3.8) is 0 Å². The van der Waals surface area contributed by atoms with Crippen LogP contribution < -0.4 is 0 Å². The molecule has 0 radical (unpaired) electrons. The van der Waals surface area contributed by atoms with E-state index in [-0.39, 0.29) is 84.4 Å². The Labute approximate surface area is 364 Å². The van der Waals surface area contributed by atoms with Gasteiger partial charge in [-0.3, -0.25) is 0 Å². The summed E-state index contributed by atoms with van der Waals surface area (Å²) >= 11 is 0. The van der Waals surface area contributed by atoms with Crippen molar-refractivity contribution < 1.29 is 64.1 Å². The van der Waals surface area contributed by atoms with Crippen molar-refractivity contribution in [2.75, 3.05) is 0 Å². The Morgan fingerprint density at radius 3 is 0.912 bits per heavy atom. The van der Waals surface area contributed by atoms with Crippen molar-refractivity contribution in [1.82, 2.24) is 0 Å². The van der Waals surface area contributed by atoms with Crippen molar-refractivity contribution in [3.8, 4) is 0 Å². The van der Waals surface area contributed by atoms with Gasteiger partial charge in [-0.25, -0.2) is 36.0 Å². The summed E-state index contributed by atoms with van der Waals surface area (Å²) in [6.45, 7) is 0. The van der Waals surface area contributed by atoms with Crippen LogP contribution in [0.4, 0.5) is 0 Å². The molecule has 0 amide bonds. The van der Waals surface area contributed by atoms with E-state index < -0.39 is 53.9 Å². The Hall–Kier alpha value is -2.60. The minimum atomic E-state index is -4.97. The summed E-state index contributed by atoms with van der Waals surface area (Å²) in [4.78, 5) is 48.1. The summed E-state index contributed by atoms with van der Waals surface area (Å²) < 4.78 is 91.8. The first-order valence-corrected chi connectivity index (χ1v) is 22.5. The first-order valence-electron chi connectivity index (χ1n) is 19.7. The number of carbonyl (C=O) groups is 4. The van der Waals surface area contributed by atoms with E-state index in [0.717, 1.165) is 153 Å². The van der Waals surface area contributed by atoms with Crippen LogP contribution in [-0.4, -0.2) is 112 Å². The second-order valence-corrected chi connectivity index (χ2v) is 17.7. The van der Waals surface area contributed by atoms with E-state index in [4.69, 9.17) is 18.9 Å². The molecule has 14 nitrogen and oxygen atoms in total. The topological polar surface area (TPSA) is 220 Å². The fourth-order valence-electron chi connectivity index (χ4n) is 7.65. The summed E-state index contributed by atoms with van der Waals surface area (Å²) in [5.41, 5.74) is -0.798. The fraction of sp³-hybridized carbons (Fsp3) is 0.600. The van der Waals surface area contributed by atoms with E-state index in [2.05, 4.69) is 0 Å². The summed E-state index contributed by atoms with van der Waals surface area (Å²) in [5.74, 6) is -3.09. The van der Waals surface area contributed by atoms with Gasteiger partial charge in [-0.2, -0.15) is 0 Å². The van der Waals surface area contributed by atoms with Crippen LogP contribution in [0.5, 0.6) is 0 Å². The Morgan fingerprint density at radius 2 is 0.667 bits per heavy atom. The van der Waals surface area contributed by atoms with Gasteiger partial charge in [0.05, 0.1) is 32.0 Å². The maximum Gasteiger partial charge on any atom is 2.00 e. The number of benzene rings is 2. The number of esters is 4. The molecule has 0 saturated heterocycles. The van der Waals surface area contributed by atoms with Gasteiger partial charge in [-0.15, -0.1) is 0 Å². The van der Waals surface area contributed by atoms with Crippen molar-refractivity contribution in [2.45, 2.75) is 163 Å². The molecule has 4 saturated carbocycles. The van der Waals surface area contributed by atoms with Crippen LogP contribution in [-0.2, 0) is 39.2 Å². The SMILES string of the molecule is O=C(OC1CCCCC1)c1ccc(C(=O)OC2CCCCC2)c(S(=O)(=O)[O-])c1.O=C(OC1CCCCC1)c1ccc(C(=O)OC2CCCCC2)c(S(=O)(=O)[O-])c1.[Ca+2]. The third kappa shape index (κ3) is 14.3. The van der Waals surface area contributed by atoms with E-state index in [0.29, 0.717) is 0 Å². The third-order valence-electron chi connectivity index (χ3n) is 10.7. The predicted octanol–water partition coefficient (Wildman–Crippen LogP) is 6.76. The molecule has 6 rings (SSSR count). The molecule has 4 aliphatic carbocycles. The summed E-state index contributed by atoms with van der Waals surface area (Å²) in [5, 5.41) is 0. The predicted molar refractivity (Wildman–Crippen MR) is 204 cm³/mol. The molecular formula is C40H50CaO14S2. The van der Waals surface area contributed by atoms with E-state index in [1.165, 1.54) is 12.1 Å². The van der Waals surface area contributed by atoms with Crippen LogP contribution >= 0.6 is 0 Å². The molecule has 0 spiro atoms. The molecule has 2 aromatic carbocycles. The van der Waals surface area contributed by atoms with Gasteiger partial charge >= 0.3 is 61.6 Å². The van der Waals surface area contributed by atoms with Crippen LogP contribution in [0.2, 0.25) is 0 Å². The summed E-state index contributed by atoms with van der Waals surface area (Å²) in [6.07, 6.45) is 17.0. The molecule has 4 aliphatic rings. The molecule has 2 aromatic rings. The van der Waals surface area contributed by atoms with E-state index >= 15 is 0 Å². The minimum Gasteiger partial charge on any atom is -0.744 e. The quantitative estimate of drug-likeness (QED) is 0.104. The first-order chi connectivity index (χ1) is 26.7. The first kappa shape index (κ1) is 47.1. The van der Waals surface area contributed by atoms with Crippen molar-refractivity contribution in [1.29, 1.82) is 0 Å². The van der Waals surface area contributed by atoms with Crippen LogP contribution in [0.15, 0.2) is 46.2 Å². The van der Waals surface area contributed by atoms with Gasteiger partial charge < -0.3 is 28.1 Å². The number of rotatable bonds is 10. The van der Waals surface area contributed by atoms with Gasteiger partial charge in [0.1, 0.15) is 44.7 Å². The molecule has 0 N–H and O–H groups in total. The smallest absolute Gasteiger partial charge is 0.744 e. The Kier molecular flexibility index (Phi) is 18.3. The second kappa shape index (κ2) is 22.1.